The second-order valence-corrected chi connectivity index (χ2v) is 11.0. The molecule has 0 radical (unpaired) electrons. The van der Waals surface area contributed by atoms with Gasteiger partial charge in [-0.25, -0.2) is 0 Å². The molecular weight excluding hydrogens is 535 g/mol. The van der Waals surface area contributed by atoms with Crippen LogP contribution in [0.1, 0.15) is 46.1 Å². The predicted octanol–water partition coefficient (Wildman–Crippen LogP) is 0.859. The number of benzene rings is 1. The number of likely N-dealkylation sites (tertiary alicyclic amines) is 1. The maximum atomic E-state index is 14.0. The molecule has 1 spiro atoms. The molecule has 1 aromatic carbocycles. The summed E-state index contributed by atoms with van der Waals surface area (Å²) in [7, 11) is 1.20. The summed E-state index contributed by atoms with van der Waals surface area (Å²) in [6, 6.07) is 2.33. The maximum Gasteiger partial charge on any atom is 0.471 e. The lowest BCUT2D eigenvalue weighted by molar-refractivity contribution is -0.175. The van der Waals surface area contributed by atoms with E-state index in [1.54, 1.807) is 43.4 Å². The molecule has 1 saturated heterocycles. The number of anilines is 1. The lowest BCUT2D eigenvalue weighted by Gasteiger charge is -2.46. The average Bonchev–Trinajstić information content (AvgIpc) is 3.28. The fourth-order valence-corrected chi connectivity index (χ4v) is 5.51. The van der Waals surface area contributed by atoms with Crippen molar-refractivity contribution in [3.63, 3.8) is 0 Å². The van der Waals surface area contributed by atoms with E-state index in [0.29, 0.717) is 11.3 Å². The van der Waals surface area contributed by atoms with Gasteiger partial charge in [-0.05, 0) is 38.7 Å². The molecule has 40 heavy (non-hydrogen) atoms. The normalized spacial score (nSPS) is 25.7. The number of primary amides is 1. The topological polar surface area (TPSA) is 162 Å². The van der Waals surface area contributed by atoms with Crippen molar-refractivity contribution in [2.24, 2.45) is 17.1 Å². The van der Waals surface area contributed by atoms with Crippen molar-refractivity contribution in [2.45, 2.75) is 70.4 Å². The molecule has 0 aliphatic carbocycles. The quantitative estimate of drug-likeness (QED) is 0.381. The molecule has 5 amide bonds. The smallest absolute Gasteiger partial charge is 0.384 e. The molecule has 0 aromatic heterocycles. The van der Waals surface area contributed by atoms with Gasteiger partial charge in [0, 0.05) is 24.8 Å². The Morgan fingerprint density at radius 1 is 1.23 bits per heavy atom. The molecule has 1 aromatic rings. The van der Waals surface area contributed by atoms with Gasteiger partial charge in [0.05, 0.1) is 0 Å². The fraction of sp³-hybridized carbons (Fsp3) is 0.577. The lowest BCUT2D eigenvalue weighted by atomic mass is 9.64. The van der Waals surface area contributed by atoms with Crippen molar-refractivity contribution in [3.05, 3.63) is 29.8 Å². The first-order chi connectivity index (χ1) is 18.3. The zero-order valence-corrected chi connectivity index (χ0v) is 22.8. The van der Waals surface area contributed by atoms with Crippen molar-refractivity contribution in [2.75, 3.05) is 18.9 Å². The second kappa shape index (κ2) is 10.7. The van der Waals surface area contributed by atoms with E-state index >= 15 is 0 Å². The van der Waals surface area contributed by atoms with Crippen molar-refractivity contribution in [1.82, 2.24) is 15.1 Å². The van der Waals surface area contributed by atoms with E-state index in [9.17, 15) is 42.3 Å². The number of likely N-dealkylation sites (N-methyl/N-ethyl adjacent to an activating group) is 1. The number of amides is 5. The third kappa shape index (κ3) is 5.36. The molecule has 3 rings (SSSR count). The monoisotopic (exact) mass is 569 g/mol. The number of aliphatic hydroxyl groups is 1. The molecule has 220 valence electrons. The number of hydrogen-bond acceptors (Lipinski definition) is 6. The van der Waals surface area contributed by atoms with Gasteiger partial charge in [-0.2, -0.15) is 13.2 Å². The molecule has 0 bridgehead atoms. The summed E-state index contributed by atoms with van der Waals surface area (Å²) in [5, 5.41) is 16.0. The van der Waals surface area contributed by atoms with Crippen molar-refractivity contribution in [1.29, 1.82) is 0 Å². The van der Waals surface area contributed by atoms with Gasteiger partial charge in [0.2, 0.25) is 23.6 Å². The molecule has 1 unspecified atom stereocenters. The Balaban J connectivity index is 1.97. The Morgan fingerprint density at radius 3 is 2.38 bits per heavy atom. The number of fused-ring (bicyclic) bond motifs is 1. The zero-order chi connectivity index (χ0) is 30.4. The van der Waals surface area contributed by atoms with E-state index in [0.717, 1.165) is 16.7 Å². The fourth-order valence-electron chi connectivity index (χ4n) is 5.51. The van der Waals surface area contributed by atoms with Crippen LogP contribution in [-0.2, 0) is 29.6 Å². The van der Waals surface area contributed by atoms with E-state index < -0.39 is 71.4 Å². The van der Waals surface area contributed by atoms with E-state index in [1.807, 2.05) is 0 Å². The van der Waals surface area contributed by atoms with Crippen molar-refractivity contribution < 1.29 is 42.3 Å². The summed E-state index contributed by atoms with van der Waals surface area (Å²) in [5.41, 5.74) is 2.91. The summed E-state index contributed by atoms with van der Waals surface area (Å²) in [6.45, 7) is 5.56. The predicted molar refractivity (Wildman–Crippen MR) is 136 cm³/mol. The van der Waals surface area contributed by atoms with Gasteiger partial charge in [0.15, 0.2) is 0 Å². The summed E-state index contributed by atoms with van der Waals surface area (Å²) >= 11 is 0. The lowest BCUT2D eigenvalue weighted by Crippen LogP contribution is -2.59. The Labute approximate surface area is 229 Å². The van der Waals surface area contributed by atoms with E-state index in [2.05, 4.69) is 5.32 Å². The van der Waals surface area contributed by atoms with Crippen LogP contribution in [0.3, 0.4) is 0 Å². The van der Waals surface area contributed by atoms with Crippen LogP contribution in [-0.4, -0.2) is 82.3 Å². The number of hydrogen-bond donors (Lipinski definition) is 4. The van der Waals surface area contributed by atoms with Gasteiger partial charge in [-0.3, -0.25) is 24.0 Å². The van der Waals surface area contributed by atoms with Crippen LogP contribution in [0.5, 0.6) is 0 Å². The average molecular weight is 570 g/mol. The Kier molecular flexibility index (Phi) is 8.26. The summed E-state index contributed by atoms with van der Waals surface area (Å²) in [6.07, 6.45) is -5.47. The molecule has 14 heteroatoms. The van der Waals surface area contributed by atoms with Gasteiger partial charge in [0.1, 0.15) is 29.1 Å². The second-order valence-electron chi connectivity index (χ2n) is 11.0. The minimum absolute atomic E-state index is 0.0431. The first-order valence-electron chi connectivity index (χ1n) is 12.7. The van der Waals surface area contributed by atoms with Crippen LogP contribution in [0.4, 0.5) is 18.9 Å². The van der Waals surface area contributed by atoms with Gasteiger partial charge in [-0.1, -0.05) is 32.0 Å². The molecule has 1 fully saturated rings. The van der Waals surface area contributed by atoms with Crippen LogP contribution in [0.15, 0.2) is 24.3 Å². The molecular formula is C26H34F3N5O6. The first-order valence-corrected chi connectivity index (χ1v) is 12.7. The Bertz CT molecular complexity index is 1220. The molecule has 11 nitrogen and oxygen atoms in total. The molecule has 2 aliphatic heterocycles. The molecule has 2 heterocycles. The van der Waals surface area contributed by atoms with Gasteiger partial charge in [-0.15, -0.1) is 0 Å². The highest BCUT2D eigenvalue weighted by molar-refractivity contribution is 6.03. The highest BCUT2D eigenvalue weighted by Crippen LogP contribution is 2.53. The third-order valence-corrected chi connectivity index (χ3v) is 7.81. The summed E-state index contributed by atoms with van der Waals surface area (Å²) in [4.78, 5) is 66.3. The highest BCUT2D eigenvalue weighted by atomic mass is 19.4. The maximum absolute atomic E-state index is 14.0. The van der Waals surface area contributed by atoms with Crippen LogP contribution in [0, 0.1) is 11.3 Å². The number of halogens is 3. The van der Waals surface area contributed by atoms with E-state index in [1.165, 1.54) is 14.0 Å². The SMILES string of the molecule is CC(C)C[C@@H](C(=O)N1C[C@]2(C[C@H]1C(N)=O)C(=O)Nc1ccccc1C2(C)O)N(C)C(=O)[C@H](C)NC(=O)C(F)(F)F. The highest BCUT2D eigenvalue weighted by Gasteiger charge is 2.64. The summed E-state index contributed by atoms with van der Waals surface area (Å²) in [5.74, 6) is -5.81. The summed E-state index contributed by atoms with van der Waals surface area (Å²) < 4.78 is 38.2. The van der Waals surface area contributed by atoms with Crippen molar-refractivity contribution in [3.8, 4) is 0 Å². The van der Waals surface area contributed by atoms with Crippen molar-refractivity contribution >= 4 is 35.2 Å². The number of nitrogens with two attached hydrogens (primary N) is 1. The minimum Gasteiger partial charge on any atom is -0.384 e. The van der Waals surface area contributed by atoms with Crippen LogP contribution >= 0.6 is 0 Å². The number of nitrogens with zero attached hydrogens (tertiary/aromatic N) is 2. The van der Waals surface area contributed by atoms with Crippen LogP contribution in [0.25, 0.3) is 0 Å². The Hall–Kier alpha value is -3.68. The molecule has 2 aliphatic rings. The van der Waals surface area contributed by atoms with Crippen LogP contribution < -0.4 is 16.4 Å². The number of carbonyl (C=O) groups excluding carboxylic acids is 5. The molecule has 0 saturated carbocycles. The van der Waals surface area contributed by atoms with E-state index in [-0.39, 0.29) is 18.8 Å². The van der Waals surface area contributed by atoms with E-state index in [4.69, 9.17) is 5.73 Å². The van der Waals surface area contributed by atoms with Crippen LogP contribution in [0.2, 0.25) is 0 Å². The first kappa shape index (κ1) is 30.9. The van der Waals surface area contributed by atoms with Gasteiger partial charge < -0.3 is 31.3 Å². The standard InChI is InChI=1S/C26H34F3N5O6/c1-13(2)10-17(33(5)20(36)14(3)31-23(39)26(27,28)29)21(37)34-12-25(11-18(34)19(30)35)22(38)32-16-9-7-6-8-15(16)24(25,4)40/h6-9,13-14,17-18,40H,10-12H2,1-5H3,(H2,30,35)(H,31,39)(H,32,38)/t14-,17-,18-,24?,25+/m0/s1. The number of alkyl halides is 3. The Morgan fingerprint density at radius 2 is 1.82 bits per heavy atom. The number of para-hydroxylation sites is 1. The molecule has 5 atom stereocenters. The number of carbonyl (C=O) groups is 5. The zero-order valence-electron chi connectivity index (χ0n) is 22.8. The molecule has 5 N–H and O–H groups in total. The third-order valence-electron chi connectivity index (χ3n) is 7.81. The largest absolute Gasteiger partial charge is 0.471 e. The number of nitrogens with one attached hydrogen (secondary N) is 2. The minimum atomic E-state index is -5.21. The number of rotatable bonds is 7. The van der Waals surface area contributed by atoms with Gasteiger partial charge >= 0.3 is 12.1 Å². The van der Waals surface area contributed by atoms with Gasteiger partial charge in [0.25, 0.3) is 0 Å².